The molecular formula is C17H25NO2. The molecule has 0 unspecified atom stereocenters. The summed E-state index contributed by atoms with van der Waals surface area (Å²) < 4.78 is 11.6. The number of benzene rings is 1. The summed E-state index contributed by atoms with van der Waals surface area (Å²) in [6.07, 6.45) is 6.47. The molecule has 1 aromatic rings. The molecule has 1 aliphatic rings. The van der Waals surface area contributed by atoms with Crippen molar-refractivity contribution in [2.24, 2.45) is 0 Å². The predicted octanol–water partition coefficient (Wildman–Crippen LogP) is 3.68. The summed E-state index contributed by atoms with van der Waals surface area (Å²) in [4.78, 5) is 0. The van der Waals surface area contributed by atoms with Gasteiger partial charge in [0.15, 0.2) is 11.5 Å². The van der Waals surface area contributed by atoms with Gasteiger partial charge < -0.3 is 14.8 Å². The summed E-state index contributed by atoms with van der Waals surface area (Å²) in [6.45, 7) is 7.94. The largest absolute Gasteiger partial charge is 0.490 e. The van der Waals surface area contributed by atoms with Crippen molar-refractivity contribution in [1.82, 2.24) is 5.32 Å². The number of rotatable bonds is 10. The number of hydrogen-bond donors (Lipinski definition) is 1. The van der Waals surface area contributed by atoms with Gasteiger partial charge in [0.25, 0.3) is 0 Å². The van der Waals surface area contributed by atoms with Gasteiger partial charge in [0, 0.05) is 18.2 Å². The van der Waals surface area contributed by atoms with Crippen LogP contribution in [-0.2, 0) is 6.54 Å². The number of nitrogens with one attached hydrogen (secondary N) is 1. The lowest BCUT2D eigenvalue weighted by molar-refractivity contribution is 0.271. The second-order valence-corrected chi connectivity index (χ2v) is 5.11. The minimum absolute atomic E-state index is 0.655. The Morgan fingerprint density at radius 2 is 2.20 bits per heavy atom. The highest BCUT2D eigenvalue weighted by atomic mass is 16.5. The summed E-state index contributed by atoms with van der Waals surface area (Å²) in [5, 5.41) is 3.53. The Kier molecular flexibility index (Phi) is 5.93. The molecule has 0 saturated heterocycles. The number of ether oxygens (including phenoxy) is 2. The fourth-order valence-electron chi connectivity index (χ4n) is 2.08. The highest BCUT2D eigenvalue weighted by molar-refractivity contribution is 5.46. The van der Waals surface area contributed by atoms with Gasteiger partial charge in [-0.3, -0.25) is 0 Å². The average molecular weight is 275 g/mol. The van der Waals surface area contributed by atoms with Crippen LogP contribution >= 0.6 is 0 Å². The summed E-state index contributed by atoms with van der Waals surface area (Å²) in [7, 11) is 0. The van der Waals surface area contributed by atoms with E-state index in [0.29, 0.717) is 19.3 Å². The Bertz CT molecular complexity index is 427. The zero-order chi connectivity index (χ0) is 14.2. The van der Waals surface area contributed by atoms with Crippen molar-refractivity contribution >= 4 is 0 Å². The maximum atomic E-state index is 5.96. The summed E-state index contributed by atoms with van der Waals surface area (Å²) in [6, 6.07) is 6.82. The minimum Gasteiger partial charge on any atom is -0.490 e. The third kappa shape index (κ3) is 4.57. The Morgan fingerprint density at radius 3 is 2.90 bits per heavy atom. The maximum Gasteiger partial charge on any atom is 0.165 e. The van der Waals surface area contributed by atoms with Gasteiger partial charge in [-0.15, -0.1) is 6.58 Å². The number of para-hydroxylation sites is 1. The van der Waals surface area contributed by atoms with Gasteiger partial charge in [0.05, 0.1) is 13.2 Å². The topological polar surface area (TPSA) is 30.5 Å². The van der Waals surface area contributed by atoms with Gasteiger partial charge in [0.2, 0.25) is 0 Å². The minimum atomic E-state index is 0.655. The van der Waals surface area contributed by atoms with E-state index in [1.54, 1.807) is 0 Å². The van der Waals surface area contributed by atoms with E-state index >= 15 is 0 Å². The van der Waals surface area contributed by atoms with E-state index in [4.69, 9.17) is 9.47 Å². The number of unbranched alkanes of at least 4 members (excludes halogenated alkanes) is 1. The predicted molar refractivity (Wildman–Crippen MR) is 82.4 cm³/mol. The van der Waals surface area contributed by atoms with E-state index in [9.17, 15) is 0 Å². The third-order valence-corrected chi connectivity index (χ3v) is 3.32. The van der Waals surface area contributed by atoms with Crippen LogP contribution in [0.15, 0.2) is 30.9 Å². The van der Waals surface area contributed by atoms with E-state index in [2.05, 4.69) is 18.0 Å². The van der Waals surface area contributed by atoms with Crippen molar-refractivity contribution in [3.05, 3.63) is 36.4 Å². The molecule has 110 valence electrons. The molecule has 1 saturated carbocycles. The molecule has 0 aliphatic heterocycles. The SMILES string of the molecule is C=CCCCOc1c(CNC2CC2)cccc1OCC. The zero-order valence-corrected chi connectivity index (χ0v) is 12.4. The molecule has 0 atom stereocenters. The van der Waals surface area contributed by atoms with Gasteiger partial charge >= 0.3 is 0 Å². The van der Waals surface area contributed by atoms with Gasteiger partial charge in [-0.1, -0.05) is 18.2 Å². The molecule has 0 amide bonds. The third-order valence-electron chi connectivity index (χ3n) is 3.32. The van der Waals surface area contributed by atoms with Crippen molar-refractivity contribution < 1.29 is 9.47 Å². The van der Waals surface area contributed by atoms with Crippen LogP contribution in [0, 0.1) is 0 Å². The molecule has 20 heavy (non-hydrogen) atoms. The average Bonchev–Trinajstić information content (AvgIpc) is 3.27. The fourth-order valence-corrected chi connectivity index (χ4v) is 2.08. The van der Waals surface area contributed by atoms with Crippen LogP contribution in [0.25, 0.3) is 0 Å². The molecule has 0 radical (unpaired) electrons. The smallest absolute Gasteiger partial charge is 0.165 e. The first-order chi connectivity index (χ1) is 9.85. The molecule has 3 nitrogen and oxygen atoms in total. The molecule has 0 spiro atoms. The standard InChI is InChI=1S/C17H25NO2/c1-3-5-6-12-20-17-14(13-18-15-10-11-15)8-7-9-16(17)19-4-2/h3,7-9,15,18H,1,4-6,10-13H2,2H3. The van der Waals surface area contributed by atoms with E-state index in [1.165, 1.54) is 18.4 Å². The van der Waals surface area contributed by atoms with Gasteiger partial charge in [-0.25, -0.2) is 0 Å². The molecule has 0 bridgehead atoms. The number of allylic oxidation sites excluding steroid dienone is 1. The van der Waals surface area contributed by atoms with Crippen LogP contribution in [0.3, 0.4) is 0 Å². The molecule has 0 aromatic heterocycles. The monoisotopic (exact) mass is 275 g/mol. The Morgan fingerprint density at radius 1 is 1.35 bits per heavy atom. The van der Waals surface area contributed by atoms with E-state index < -0.39 is 0 Å². The number of hydrogen-bond acceptors (Lipinski definition) is 3. The van der Waals surface area contributed by atoms with Gasteiger partial charge in [-0.05, 0) is 38.7 Å². The molecule has 0 heterocycles. The Labute approximate surface area is 122 Å². The second-order valence-electron chi connectivity index (χ2n) is 5.11. The van der Waals surface area contributed by atoms with E-state index in [1.807, 2.05) is 25.1 Å². The Balaban J connectivity index is 2.02. The lowest BCUT2D eigenvalue weighted by Gasteiger charge is -2.16. The first kappa shape index (κ1) is 14.9. The summed E-state index contributed by atoms with van der Waals surface area (Å²) in [5.74, 6) is 1.74. The molecule has 3 heteroatoms. The summed E-state index contributed by atoms with van der Waals surface area (Å²) in [5.41, 5.74) is 1.18. The van der Waals surface area contributed by atoms with Crippen molar-refractivity contribution in [3.63, 3.8) is 0 Å². The lowest BCUT2D eigenvalue weighted by atomic mass is 10.1. The van der Waals surface area contributed by atoms with Crippen LogP contribution in [0.2, 0.25) is 0 Å². The second kappa shape index (κ2) is 7.95. The van der Waals surface area contributed by atoms with Crippen molar-refractivity contribution in [2.45, 2.75) is 45.2 Å². The van der Waals surface area contributed by atoms with Crippen molar-refractivity contribution in [2.75, 3.05) is 13.2 Å². The van der Waals surface area contributed by atoms with Gasteiger partial charge in [0.1, 0.15) is 0 Å². The van der Waals surface area contributed by atoms with Crippen LogP contribution in [0.4, 0.5) is 0 Å². The first-order valence-electron chi connectivity index (χ1n) is 7.57. The van der Waals surface area contributed by atoms with Gasteiger partial charge in [-0.2, -0.15) is 0 Å². The zero-order valence-electron chi connectivity index (χ0n) is 12.4. The Hall–Kier alpha value is -1.48. The van der Waals surface area contributed by atoms with Crippen LogP contribution < -0.4 is 14.8 Å². The van der Waals surface area contributed by atoms with E-state index in [-0.39, 0.29) is 0 Å². The molecule has 1 N–H and O–H groups in total. The van der Waals surface area contributed by atoms with Crippen LogP contribution in [0.1, 0.15) is 38.2 Å². The van der Waals surface area contributed by atoms with Crippen LogP contribution in [-0.4, -0.2) is 19.3 Å². The molecule has 1 fully saturated rings. The fraction of sp³-hybridized carbons (Fsp3) is 0.529. The van der Waals surface area contributed by atoms with Crippen molar-refractivity contribution in [3.8, 4) is 11.5 Å². The molecule has 2 rings (SSSR count). The van der Waals surface area contributed by atoms with Crippen LogP contribution in [0.5, 0.6) is 11.5 Å². The maximum absolute atomic E-state index is 5.96. The normalized spacial score (nSPS) is 14.1. The molecule has 1 aliphatic carbocycles. The van der Waals surface area contributed by atoms with Crippen molar-refractivity contribution in [1.29, 1.82) is 0 Å². The lowest BCUT2D eigenvalue weighted by Crippen LogP contribution is -2.16. The highest BCUT2D eigenvalue weighted by Crippen LogP contribution is 2.32. The highest BCUT2D eigenvalue weighted by Gasteiger charge is 2.21. The quantitative estimate of drug-likeness (QED) is 0.522. The first-order valence-corrected chi connectivity index (χ1v) is 7.57. The summed E-state index contributed by atoms with van der Waals surface area (Å²) >= 11 is 0. The molecular weight excluding hydrogens is 250 g/mol. The van der Waals surface area contributed by atoms with E-state index in [0.717, 1.165) is 30.9 Å². The molecule has 1 aromatic carbocycles.